The van der Waals surface area contributed by atoms with Crippen LogP contribution in [0.4, 0.5) is 22.8 Å². The Bertz CT molecular complexity index is 474. The highest BCUT2D eigenvalue weighted by atomic mass is 32.1. The molecule has 0 spiro atoms. The molecule has 0 fully saturated rings. The van der Waals surface area contributed by atoms with E-state index in [0.717, 1.165) is 12.1 Å². The van der Waals surface area contributed by atoms with E-state index < -0.39 is 36.0 Å². The van der Waals surface area contributed by atoms with E-state index in [1.165, 1.54) is 0 Å². The molecule has 1 atom stereocenters. The number of nitrogens with two attached hydrogens (primary N) is 2. The second-order valence-corrected chi connectivity index (χ2v) is 4.37. The van der Waals surface area contributed by atoms with Gasteiger partial charge >= 0.3 is 18.4 Å². The van der Waals surface area contributed by atoms with Gasteiger partial charge < -0.3 is 20.9 Å². The van der Waals surface area contributed by atoms with Gasteiger partial charge in [0.15, 0.2) is 6.10 Å². The van der Waals surface area contributed by atoms with Crippen LogP contribution < -0.4 is 11.5 Å². The average molecular weight is 298 g/mol. The first kappa shape index (κ1) is 15.1. The van der Waals surface area contributed by atoms with Gasteiger partial charge in [-0.05, 0) is 12.1 Å². The molecule has 0 aliphatic heterocycles. The van der Waals surface area contributed by atoms with Crippen molar-refractivity contribution in [2.45, 2.75) is 12.3 Å². The maximum atomic E-state index is 12.4. The maximum Gasteiger partial charge on any atom is 0.425 e. The second-order valence-electron chi connectivity index (χ2n) is 3.26. The quantitative estimate of drug-likeness (QED) is 0.886. The molecule has 19 heavy (non-hydrogen) atoms. The van der Waals surface area contributed by atoms with Crippen LogP contribution in [0.5, 0.6) is 0 Å². The molecule has 0 saturated heterocycles. The highest BCUT2D eigenvalue weighted by Crippen LogP contribution is 2.37. The van der Waals surface area contributed by atoms with E-state index in [1.807, 2.05) is 0 Å². The summed E-state index contributed by atoms with van der Waals surface area (Å²) in [4.78, 5) is 20.2. The third kappa shape index (κ3) is 4.66. The fourth-order valence-electron chi connectivity index (χ4n) is 1.15. The van der Waals surface area contributed by atoms with E-state index in [-0.39, 0.29) is 4.88 Å². The summed E-state index contributed by atoms with van der Waals surface area (Å²) >= 11 is 0.352. The van der Waals surface area contributed by atoms with Crippen LogP contribution in [-0.2, 0) is 15.7 Å². The van der Waals surface area contributed by atoms with E-state index in [2.05, 4.69) is 9.47 Å². The zero-order chi connectivity index (χ0) is 14.6. The average Bonchev–Trinajstić information content (AvgIpc) is 2.71. The van der Waals surface area contributed by atoms with Crippen molar-refractivity contribution < 1.29 is 32.2 Å². The molecule has 6 nitrogen and oxygen atoms in total. The summed E-state index contributed by atoms with van der Waals surface area (Å²) in [5.74, 6) is 0. The highest BCUT2D eigenvalue weighted by Gasteiger charge is 2.33. The summed E-state index contributed by atoms with van der Waals surface area (Å²) < 4.78 is 46.2. The van der Waals surface area contributed by atoms with E-state index in [0.29, 0.717) is 11.3 Å². The van der Waals surface area contributed by atoms with Crippen molar-refractivity contribution in [2.24, 2.45) is 11.5 Å². The van der Waals surface area contributed by atoms with Gasteiger partial charge in [0, 0.05) is 4.88 Å². The lowest BCUT2D eigenvalue weighted by molar-refractivity contribution is -0.134. The zero-order valence-electron chi connectivity index (χ0n) is 9.27. The van der Waals surface area contributed by atoms with Crippen LogP contribution >= 0.6 is 11.3 Å². The molecular weight excluding hydrogens is 289 g/mol. The summed E-state index contributed by atoms with van der Waals surface area (Å²) in [6.45, 7) is -0.518. The topological polar surface area (TPSA) is 105 Å². The Balaban J connectivity index is 2.87. The first-order valence-electron chi connectivity index (χ1n) is 4.75. The summed E-state index contributed by atoms with van der Waals surface area (Å²) in [5, 5.41) is 0. The number of halogens is 3. The number of carbonyl (C=O) groups is 2. The normalized spacial score (nSPS) is 12.8. The van der Waals surface area contributed by atoms with Crippen LogP contribution in [0.1, 0.15) is 15.9 Å². The number of thiophene rings is 1. The molecule has 1 heterocycles. The van der Waals surface area contributed by atoms with Gasteiger partial charge in [0.1, 0.15) is 11.5 Å². The largest absolute Gasteiger partial charge is 0.445 e. The number of amides is 2. The van der Waals surface area contributed by atoms with Gasteiger partial charge in [-0.1, -0.05) is 0 Å². The molecule has 4 N–H and O–H groups in total. The van der Waals surface area contributed by atoms with E-state index in [9.17, 15) is 22.8 Å². The number of ether oxygens (including phenoxy) is 2. The molecule has 0 aliphatic carbocycles. The molecule has 1 aromatic heterocycles. The van der Waals surface area contributed by atoms with Gasteiger partial charge in [0.25, 0.3) is 0 Å². The van der Waals surface area contributed by atoms with Crippen LogP contribution in [0.15, 0.2) is 12.1 Å². The van der Waals surface area contributed by atoms with Crippen molar-refractivity contribution in [1.82, 2.24) is 0 Å². The standard InChI is InChI=1S/C9H9F3N2O4S/c10-9(11,12)6-2-1-5(19-6)4(18-8(14)16)3-17-7(13)15/h1-2,4H,3H2,(H2,13,15)(H2,14,16). The van der Waals surface area contributed by atoms with E-state index >= 15 is 0 Å². The maximum absolute atomic E-state index is 12.4. The molecule has 1 rings (SSSR count). The Labute approximate surface area is 109 Å². The first-order chi connectivity index (χ1) is 8.70. The third-order valence-electron chi connectivity index (χ3n) is 1.86. The second kappa shape index (κ2) is 5.78. The Hall–Kier alpha value is -1.97. The van der Waals surface area contributed by atoms with Gasteiger partial charge in [-0.15, -0.1) is 11.3 Å². The summed E-state index contributed by atoms with van der Waals surface area (Å²) in [6.07, 6.45) is -8.10. The fourth-order valence-corrected chi connectivity index (χ4v) is 2.04. The van der Waals surface area contributed by atoms with E-state index in [1.54, 1.807) is 0 Å². The van der Waals surface area contributed by atoms with Gasteiger partial charge in [0.05, 0.1) is 0 Å². The molecule has 0 bridgehead atoms. The first-order valence-corrected chi connectivity index (χ1v) is 5.57. The summed E-state index contributed by atoms with van der Waals surface area (Å²) in [7, 11) is 0. The van der Waals surface area contributed by atoms with Crippen LogP contribution in [0.25, 0.3) is 0 Å². The third-order valence-corrected chi connectivity index (χ3v) is 3.08. The number of rotatable bonds is 4. The predicted molar refractivity (Wildman–Crippen MR) is 58.3 cm³/mol. The predicted octanol–water partition coefficient (Wildman–Crippen LogP) is 2.00. The number of primary amides is 2. The zero-order valence-corrected chi connectivity index (χ0v) is 10.1. The Kier molecular flexibility index (Phi) is 4.59. The van der Waals surface area contributed by atoms with Crippen LogP contribution in [0, 0.1) is 0 Å². The minimum atomic E-state index is -4.51. The Morgan fingerprint density at radius 2 is 1.89 bits per heavy atom. The molecule has 10 heteroatoms. The lowest BCUT2D eigenvalue weighted by Gasteiger charge is -2.14. The Morgan fingerprint density at radius 1 is 1.26 bits per heavy atom. The molecule has 0 saturated carbocycles. The van der Waals surface area contributed by atoms with Crippen LogP contribution in [0.2, 0.25) is 0 Å². The summed E-state index contributed by atoms with van der Waals surface area (Å²) in [5.41, 5.74) is 9.49. The number of hydrogen-bond acceptors (Lipinski definition) is 5. The van der Waals surface area contributed by atoms with Crippen molar-refractivity contribution in [3.8, 4) is 0 Å². The van der Waals surface area contributed by atoms with Crippen molar-refractivity contribution in [2.75, 3.05) is 6.61 Å². The molecule has 1 unspecified atom stereocenters. The van der Waals surface area contributed by atoms with Gasteiger partial charge in [-0.3, -0.25) is 0 Å². The molecule has 1 aromatic rings. The molecule has 106 valence electrons. The highest BCUT2D eigenvalue weighted by molar-refractivity contribution is 7.12. The monoisotopic (exact) mass is 298 g/mol. The van der Waals surface area contributed by atoms with Crippen molar-refractivity contribution in [1.29, 1.82) is 0 Å². The molecule has 0 aromatic carbocycles. The van der Waals surface area contributed by atoms with Gasteiger partial charge in [0.2, 0.25) is 0 Å². The van der Waals surface area contributed by atoms with Crippen LogP contribution in [0.3, 0.4) is 0 Å². The van der Waals surface area contributed by atoms with Gasteiger partial charge in [-0.25, -0.2) is 9.59 Å². The van der Waals surface area contributed by atoms with Crippen molar-refractivity contribution in [3.63, 3.8) is 0 Å². The lowest BCUT2D eigenvalue weighted by Crippen LogP contribution is -2.23. The lowest BCUT2D eigenvalue weighted by atomic mass is 10.3. The fraction of sp³-hybridized carbons (Fsp3) is 0.333. The van der Waals surface area contributed by atoms with Gasteiger partial charge in [-0.2, -0.15) is 13.2 Å². The number of alkyl halides is 3. The smallest absolute Gasteiger partial charge is 0.425 e. The molecule has 0 radical (unpaired) electrons. The molecule has 0 aliphatic rings. The van der Waals surface area contributed by atoms with E-state index in [4.69, 9.17) is 11.5 Å². The van der Waals surface area contributed by atoms with Crippen molar-refractivity contribution in [3.05, 3.63) is 21.9 Å². The Morgan fingerprint density at radius 3 is 2.32 bits per heavy atom. The van der Waals surface area contributed by atoms with Crippen molar-refractivity contribution >= 4 is 23.5 Å². The van der Waals surface area contributed by atoms with Crippen LogP contribution in [-0.4, -0.2) is 18.8 Å². The SMILES string of the molecule is NC(=O)OCC(OC(N)=O)c1ccc(C(F)(F)F)s1. The number of hydrogen-bond donors (Lipinski definition) is 2. The number of carbonyl (C=O) groups excluding carboxylic acids is 2. The molecule has 2 amide bonds. The minimum Gasteiger partial charge on any atom is -0.445 e. The summed E-state index contributed by atoms with van der Waals surface area (Å²) in [6, 6.07) is 1.92. The minimum absolute atomic E-state index is 0.0346. The molecular formula is C9H9F3N2O4S.